The zero-order valence-electron chi connectivity index (χ0n) is 16.8. The normalized spacial score (nSPS) is 29.4. The predicted octanol–water partition coefficient (Wildman–Crippen LogP) is 7.45. The largest absolute Gasteiger partial charge is 0.305 e. The minimum absolute atomic E-state index is 0. The van der Waals surface area contributed by atoms with Crippen LogP contribution in [0, 0.1) is 29.7 Å². The fourth-order valence-electron chi connectivity index (χ4n) is 7.18. The van der Waals surface area contributed by atoms with Gasteiger partial charge in [-0.25, -0.2) is 0 Å². The van der Waals surface area contributed by atoms with Crippen LogP contribution in [-0.2, 0) is 20.1 Å². The van der Waals surface area contributed by atoms with Crippen LogP contribution in [0.25, 0.3) is 31.4 Å². The third-order valence-electron chi connectivity index (χ3n) is 8.00. The topological polar surface area (TPSA) is 12.9 Å². The van der Waals surface area contributed by atoms with Gasteiger partial charge in [-0.05, 0) is 89.1 Å². The summed E-state index contributed by atoms with van der Waals surface area (Å²) in [5.74, 6) is 4.68. The zero-order valence-corrected chi connectivity index (χ0v) is 20.0. The standard InChI is InChI=1S/C27H24NS.Ir/c1-2-10-28-24(9-1)22-7-3-5-20-21-6-4-8-23(27(21)29-26(20)22)25-18-12-16-11-17(14-18)15-19(25)13-16;/h1-6,8-10,16-19,25H,11-15H2;/q-1;. The van der Waals surface area contributed by atoms with Gasteiger partial charge in [0.2, 0.25) is 0 Å². The summed E-state index contributed by atoms with van der Waals surface area (Å²) in [4.78, 5) is 4.62. The SMILES string of the molecule is [Ir].[c-]1ccc2c(sc3c(C4C5CC6CC(C5)CC4C6)cccc32)c1-c1ccccn1. The Balaban J connectivity index is 0.00000175. The number of pyridine rings is 1. The molecule has 0 unspecified atom stereocenters. The Hall–Kier alpha value is -1.54. The van der Waals surface area contributed by atoms with Crippen molar-refractivity contribution < 1.29 is 20.1 Å². The molecule has 0 atom stereocenters. The van der Waals surface area contributed by atoms with E-state index in [1.165, 1.54) is 52.3 Å². The third-order valence-corrected chi connectivity index (χ3v) is 9.28. The van der Waals surface area contributed by atoms with E-state index in [0.717, 1.165) is 40.8 Å². The number of rotatable bonds is 2. The molecule has 0 saturated heterocycles. The fraction of sp³-hybridized carbons (Fsp3) is 0.370. The van der Waals surface area contributed by atoms with Crippen molar-refractivity contribution in [2.45, 2.75) is 38.0 Å². The number of nitrogens with zero attached hydrogens (tertiary/aromatic N) is 1. The summed E-state index contributed by atoms with van der Waals surface area (Å²) in [5, 5.41) is 2.80. The van der Waals surface area contributed by atoms with Crippen molar-refractivity contribution in [3.05, 3.63) is 66.4 Å². The van der Waals surface area contributed by atoms with Crippen LogP contribution in [0.2, 0.25) is 0 Å². The molecule has 153 valence electrons. The molecule has 1 radical (unpaired) electrons. The maximum absolute atomic E-state index is 4.62. The smallest absolute Gasteiger partial charge is 0.0274 e. The Labute approximate surface area is 195 Å². The van der Waals surface area contributed by atoms with Gasteiger partial charge in [0.25, 0.3) is 0 Å². The first-order valence-electron chi connectivity index (χ1n) is 11.1. The summed E-state index contributed by atoms with van der Waals surface area (Å²) >= 11 is 1.98. The van der Waals surface area contributed by atoms with Crippen LogP contribution in [-0.4, -0.2) is 4.98 Å². The average Bonchev–Trinajstić information content (AvgIpc) is 3.13. The van der Waals surface area contributed by atoms with Gasteiger partial charge in [-0.1, -0.05) is 35.7 Å². The van der Waals surface area contributed by atoms with Gasteiger partial charge in [-0.3, -0.25) is 0 Å². The zero-order chi connectivity index (χ0) is 18.9. The van der Waals surface area contributed by atoms with Gasteiger partial charge in [-0.2, -0.15) is 11.3 Å². The second kappa shape index (κ2) is 7.26. The van der Waals surface area contributed by atoms with E-state index < -0.39 is 0 Å². The van der Waals surface area contributed by atoms with E-state index in [2.05, 4.69) is 53.5 Å². The van der Waals surface area contributed by atoms with E-state index in [1.807, 2.05) is 23.6 Å². The van der Waals surface area contributed by atoms with Gasteiger partial charge in [-0.15, -0.1) is 23.8 Å². The van der Waals surface area contributed by atoms with E-state index in [-0.39, 0.29) is 20.1 Å². The van der Waals surface area contributed by atoms with Crippen LogP contribution in [0.1, 0.15) is 43.6 Å². The van der Waals surface area contributed by atoms with Gasteiger partial charge in [0.15, 0.2) is 0 Å². The van der Waals surface area contributed by atoms with Crippen molar-refractivity contribution in [2.75, 3.05) is 0 Å². The second-order valence-corrected chi connectivity index (χ2v) is 10.6. The molecule has 4 aromatic rings. The number of fused-ring (bicyclic) bond motifs is 3. The molecular weight excluding hydrogens is 563 g/mol. The molecule has 3 heteroatoms. The molecule has 30 heavy (non-hydrogen) atoms. The Morgan fingerprint density at radius 1 is 0.800 bits per heavy atom. The first kappa shape index (κ1) is 19.2. The first-order valence-corrected chi connectivity index (χ1v) is 11.9. The molecule has 4 fully saturated rings. The number of hydrogen-bond donors (Lipinski definition) is 0. The molecule has 4 saturated carbocycles. The molecule has 2 aromatic heterocycles. The molecule has 2 heterocycles. The van der Waals surface area contributed by atoms with Crippen LogP contribution in [0.15, 0.2) is 54.7 Å². The number of hydrogen-bond acceptors (Lipinski definition) is 2. The molecule has 4 aliphatic carbocycles. The molecular formula is C27H24IrNS-. The van der Waals surface area contributed by atoms with Crippen molar-refractivity contribution in [3.8, 4) is 11.3 Å². The number of aromatic nitrogens is 1. The van der Waals surface area contributed by atoms with Crippen LogP contribution in [0.5, 0.6) is 0 Å². The monoisotopic (exact) mass is 587 g/mol. The summed E-state index contributed by atoms with van der Waals surface area (Å²) in [6.07, 6.45) is 9.32. The van der Waals surface area contributed by atoms with Crippen molar-refractivity contribution in [3.63, 3.8) is 0 Å². The van der Waals surface area contributed by atoms with Gasteiger partial charge in [0.1, 0.15) is 0 Å². The molecule has 2 aromatic carbocycles. The van der Waals surface area contributed by atoms with E-state index >= 15 is 0 Å². The molecule has 8 rings (SSSR count). The van der Waals surface area contributed by atoms with Crippen LogP contribution < -0.4 is 0 Å². The molecule has 0 aliphatic heterocycles. The van der Waals surface area contributed by atoms with Gasteiger partial charge in [0, 0.05) is 31.0 Å². The summed E-state index contributed by atoms with van der Waals surface area (Å²) in [5.41, 5.74) is 3.82. The summed E-state index contributed by atoms with van der Waals surface area (Å²) in [7, 11) is 0. The van der Waals surface area contributed by atoms with Gasteiger partial charge in [0.05, 0.1) is 0 Å². The quantitative estimate of drug-likeness (QED) is 0.222. The summed E-state index contributed by atoms with van der Waals surface area (Å²) in [6, 6.07) is 21.1. The van der Waals surface area contributed by atoms with E-state index in [9.17, 15) is 0 Å². The number of thiophene rings is 1. The molecule has 0 N–H and O–H groups in total. The van der Waals surface area contributed by atoms with Gasteiger partial charge >= 0.3 is 0 Å². The van der Waals surface area contributed by atoms with Crippen LogP contribution in [0.3, 0.4) is 0 Å². The Bertz CT molecular complexity index is 1200. The Kier molecular flexibility index (Phi) is 4.64. The van der Waals surface area contributed by atoms with E-state index in [4.69, 9.17) is 0 Å². The van der Waals surface area contributed by atoms with Crippen LogP contribution in [0.4, 0.5) is 0 Å². The van der Waals surface area contributed by atoms with Crippen molar-refractivity contribution in [2.24, 2.45) is 23.7 Å². The first-order chi connectivity index (χ1) is 14.3. The average molecular weight is 587 g/mol. The molecule has 4 aliphatic rings. The molecule has 0 spiro atoms. The maximum Gasteiger partial charge on any atom is 0.0274 e. The van der Waals surface area contributed by atoms with Gasteiger partial charge < -0.3 is 4.98 Å². The molecule has 4 bridgehead atoms. The van der Waals surface area contributed by atoms with E-state index in [1.54, 1.807) is 5.56 Å². The van der Waals surface area contributed by atoms with Crippen molar-refractivity contribution in [1.29, 1.82) is 0 Å². The minimum Gasteiger partial charge on any atom is -0.305 e. The summed E-state index contributed by atoms with van der Waals surface area (Å²) in [6.45, 7) is 0. The Morgan fingerprint density at radius 3 is 2.30 bits per heavy atom. The van der Waals surface area contributed by atoms with E-state index in [0.29, 0.717) is 0 Å². The molecule has 0 amide bonds. The predicted molar refractivity (Wildman–Crippen MR) is 121 cm³/mol. The fourth-order valence-corrected chi connectivity index (χ4v) is 8.55. The van der Waals surface area contributed by atoms with Crippen molar-refractivity contribution in [1.82, 2.24) is 4.98 Å². The Morgan fingerprint density at radius 2 is 1.57 bits per heavy atom. The maximum atomic E-state index is 4.62. The summed E-state index contributed by atoms with van der Waals surface area (Å²) < 4.78 is 2.87. The van der Waals surface area contributed by atoms with Crippen LogP contribution >= 0.6 is 11.3 Å². The second-order valence-electron chi connectivity index (χ2n) is 9.59. The molecule has 1 nitrogen and oxygen atoms in total. The number of benzene rings is 2. The minimum atomic E-state index is 0. The van der Waals surface area contributed by atoms with Crippen molar-refractivity contribution >= 4 is 31.5 Å². The third kappa shape index (κ3) is 2.79.